The van der Waals surface area contributed by atoms with E-state index < -0.39 is 5.97 Å². The molecule has 4 heteroatoms. The SMILES string of the molecule is CCCCCCNC[C@@H]1[C@@H](C/C=C\CCCC(=O)O)[C@@H]2CO[C@@H]1C2. The van der Waals surface area contributed by atoms with Crippen LogP contribution in [-0.2, 0) is 9.53 Å². The molecule has 138 valence electrons. The Kier molecular flexibility index (Phi) is 8.82. The van der Waals surface area contributed by atoms with Crippen LogP contribution in [0.15, 0.2) is 12.2 Å². The highest BCUT2D eigenvalue weighted by Crippen LogP contribution is 2.46. The van der Waals surface area contributed by atoms with Gasteiger partial charge in [-0.1, -0.05) is 38.3 Å². The van der Waals surface area contributed by atoms with Crippen LogP contribution in [0.1, 0.15) is 64.7 Å². The molecule has 4 nitrogen and oxygen atoms in total. The smallest absolute Gasteiger partial charge is 0.303 e. The number of carboxylic acids is 1. The van der Waals surface area contributed by atoms with E-state index in [1.165, 1.54) is 32.1 Å². The van der Waals surface area contributed by atoms with E-state index in [0.29, 0.717) is 12.0 Å². The molecule has 0 aromatic carbocycles. The molecule has 0 radical (unpaired) electrons. The van der Waals surface area contributed by atoms with Gasteiger partial charge in [0.1, 0.15) is 0 Å². The van der Waals surface area contributed by atoms with Gasteiger partial charge in [0.05, 0.1) is 12.7 Å². The number of hydrogen-bond donors (Lipinski definition) is 2. The molecule has 0 aromatic rings. The number of ether oxygens (including phenoxy) is 1. The van der Waals surface area contributed by atoms with E-state index in [1.54, 1.807) is 0 Å². The van der Waals surface area contributed by atoms with Crippen LogP contribution >= 0.6 is 0 Å². The Morgan fingerprint density at radius 1 is 1.21 bits per heavy atom. The first-order valence-electron chi connectivity index (χ1n) is 9.91. The Hall–Kier alpha value is -0.870. The standard InChI is InChI=1S/C20H35NO3/c1-2-3-4-9-12-21-14-18-17(16-13-19(18)24-15-16)10-7-5-6-8-11-20(22)23/h5,7,16-19,21H,2-4,6,8-15H2,1H3,(H,22,23)/b7-5-/t16-,17-,18+,19+/m0/s1. The lowest BCUT2D eigenvalue weighted by atomic mass is 9.85. The molecule has 2 fully saturated rings. The second-order valence-corrected chi connectivity index (χ2v) is 7.45. The lowest BCUT2D eigenvalue weighted by Crippen LogP contribution is -2.37. The summed E-state index contributed by atoms with van der Waals surface area (Å²) in [7, 11) is 0. The molecule has 1 aliphatic heterocycles. The van der Waals surface area contributed by atoms with Gasteiger partial charge in [-0.3, -0.25) is 4.79 Å². The van der Waals surface area contributed by atoms with E-state index >= 15 is 0 Å². The number of nitrogens with one attached hydrogen (secondary N) is 1. The zero-order chi connectivity index (χ0) is 17.2. The maximum atomic E-state index is 10.5. The minimum atomic E-state index is -0.696. The van der Waals surface area contributed by atoms with Gasteiger partial charge >= 0.3 is 5.97 Å². The van der Waals surface area contributed by atoms with Crippen molar-refractivity contribution in [3.05, 3.63) is 12.2 Å². The predicted molar refractivity (Wildman–Crippen MR) is 97.1 cm³/mol. The highest BCUT2D eigenvalue weighted by molar-refractivity contribution is 5.66. The average molecular weight is 338 g/mol. The van der Waals surface area contributed by atoms with E-state index in [-0.39, 0.29) is 6.42 Å². The second kappa shape index (κ2) is 10.9. The summed E-state index contributed by atoms with van der Waals surface area (Å²) in [6.45, 7) is 5.41. The zero-order valence-corrected chi connectivity index (χ0v) is 15.2. The Morgan fingerprint density at radius 3 is 2.88 bits per heavy atom. The molecule has 0 spiro atoms. The van der Waals surface area contributed by atoms with Gasteiger partial charge in [-0.15, -0.1) is 0 Å². The van der Waals surface area contributed by atoms with E-state index in [4.69, 9.17) is 9.84 Å². The van der Waals surface area contributed by atoms with Gasteiger partial charge in [-0.25, -0.2) is 0 Å². The van der Waals surface area contributed by atoms with Gasteiger partial charge in [0, 0.05) is 18.9 Å². The molecule has 0 aromatic heterocycles. The monoisotopic (exact) mass is 337 g/mol. The molecule has 2 aliphatic rings. The molecule has 1 saturated carbocycles. The van der Waals surface area contributed by atoms with Crippen LogP contribution in [0.3, 0.4) is 0 Å². The zero-order valence-electron chi connectivity index (χ0n) is 15.2. The lowest BCUT2D eigenvalue weighted by molar-refractivity contribution is -0.137. The molecule has 0 unspecified atom stereocenters. The van der Waals surface area contributed by atoms with Crippen LogP contribution in [0.5, 0.6) is 0 Å². The number of unbranched alkanes of at least 4 members (excludes halogenated alkanes) is 4. The number of fused-ring (bicyclic) bond motifs is 2. The Bertz CT molecular complexity index is 396. The van der Waals surface area contributed by atoms with Gasteiger partial charge in [0.15, 0.2) is 0 Å². The van der Waals surface area contributed by atoms with Crippen molar-refractivity contribution < 1.29 is 14.6 Å². The van der Waals surface area contributed by atoms with Crippen LogP contribution < -0.4 is 5.32 Å². The maximum Gasteiger partial charge on any atom is 0.303 e. The number of allylic oxidation sites excluding steroid dienone is 2. The van der Waals surface area contributed by atoms with Crippen molar-refractivity contribution in [2.24, 2.45) is 17.8 Å². The van der Waals surface area contributed by atoms with Crippen LogP contribution in [0.4, 0.5) is 0 Å². The number of aliphatic carboxylic acids is 1. The third kappa shape index (κ3) is 6.21. The Balaban J connectivity index is 1.65. The molecule has 2 rings (SSSR count). The van der Waals surface area contributed by atoms with Crippen molar-refractivity contribution in [1.29, 1.82) is 0 Å². The summed E-state index contributed by atoms with van der Waals surface area (Å²) in [5, 5.41) is 12.3. The van der Waals surface area contributed by atoms with Gasteiger partial charge in [-0.2, -0.15) is 0 Å². The van der Waals surface area contributed by atoms with Crippen molar-refractivity contribution in [3.63, 3.8) is 0 Å². The number of rotatable bonds is 13. The summed E-state index contributed by atoms with van der Waals surface area (Å²) < 4.78 is 5.93. The first-order chi connectivity index (χ1) is 11.7. The lowest BCUT2D eigenvalue weighted by Gasteiger charge is -2.30. The van der Waals surface area contributed by atoms with Crippen molar-refractivity contribution in [2.45, 2.75) is 70.8 Å². The van der Waals surface area contributed by atoms with Crippen molar-refractivity contribution >= 4 is 5.97 Å². The summed E-state index contributed by atoms with van der Waals surface area (Å²) in [5.74, 6) is 1.42. The van der Waals surface area contributed by atoms with Crippen LogP contribution in [-0.4, -0.2) is 36.9 Å². The molecule has 0 amide bonds. The fraction of sp³-hybridized carbons (Fsp3) is 0.850. The highest BCUT2D eigenvalue weighted by atomic mass is 16.5. The third-order valence-corrected chi connectivity index (χ3v) is 5.62. The molecular weight excluding hydrogens is 302 g/mol. The largest absolute Gasteiger partial charge is 0.481 e. The van der Waals surface area contributed by atoms with Crippen LogP contribution in [0.2, 0.25) is 0 Å². The van der Waals surface area contributed by atoms with Crippen LogP contribution in [0, 0.1) is 17.8 Å². The number of carboxylic acid groups (broad SMARTS) is 1. The van der Waals surface area contributed by atoms with E-state index in [1.807, 2.05) is 0 Å². The fourth-order valence-electron chi connectivity index (χ4n) is 4.24. The Morgan fingerprint density at radius 2 is 2.08 bits per heavy atom. The molecule has 2 bridgehead atoms. The van der Waals surface area contributed by atoms with E-state index in [9.17, 15) is 4.79 Å². The summed E-state index contributed by atoms with van der Waals surface area (Å²) in [6, 6.07) is 0. The van der Waals surface area contributed by atoms with Gasteiger partial charge in [0.25, 0.3) is 0 Å². The average Bonchev–Trinajstić information content (AvgIpc) is 3.15. The normalized spacial score (nSPS) is 28.9. The topological polar surface area (TPSA) is 58.6 Å². The third-order valence-electron chi connectivity index (χ3n) is 5.62. The van der Waals surface area contributed by atoms with E-state index in [2.05, 4.69) is 24.4 Å². The van der Waals surface area contributed by atoms with Crippen LogP contribution in [0.25, 0.3) is 0 Å². The molecule has 24 heavy (non-hydrogen) atoms. The predicted octanol–water partition coefficient (Wildman–Crippen LogP) is 4.01. The molecule has 1 aliphatic carbocycles. The van der Waals surface area contributed by atoms with Crippen molar-refractivity contribution in [3.8, 4) is 0 Å². The van der Waals surface area contributed by atoms with Crippen molar-refractivity contribution in [1.82, 2.24) is 5.32 Å². The molecule has 4 atom stereocenters. The summed E-state index contributed by atoms with van der Waals surface area (Å²) >= 11 is 0. The second-order valence-electron chi connectivity index (χ2n) is 7.45. The first kappa shape index (κ1) is 19.5. The van der Waals surface area contributed by atoms with Gasteiger partial charge in [-0.05, 0) is 50.5 Å². The molecular formula is C20H35NO3. The van der Waals surface area contributed by atoms with Gasteiger partial charge < -0.3 is 15.2 Å². The molecule has 2 N–H and O–H groups in total. The maximum absolute atomic E-state index is 10.5. The molecule has 1 heterocycles. The minimum absolute atomic E-state index is 0.275. The molecule has 1 saturated heterocycles. The number of hydrogen-bond acceptors (Lipinski definition) is 3. The quantitative estimate of drug-likeness (QED) is 0.394. The van der Waals surface area contributed by atoms with Gasteiger partial charge in [0.2, 0.25) is 0 Å². The summed E-state index contributed by atoms with van der Waals surface area (Å²) in [4.78, 5) is 10.5. The van der Waals surface area contributed by atoms with E-state index in [0.717, 1.165) is 50.8 Å². The summed E-state index contributed by atoms with van der Waals surface area (Å²) in [6.07, 6.45) is 14.4. The summed E-state index contributed by atoms with van der Waals surface area (Å²) in [5.41, 5.74) is 0. The Labute approximate surface area is 147 Å². The minimum Gasteiger partial charge on any atom is -0.481 e. The highest BCUT2D eigenvalue weighted by Gasteiger charge is 2.47. The number of carbonyl (C=O) groups is 1. The van der Waals surface area contributed by atoms with Crippen molar-refractivity contribution in [2.75, 3.05) is 19.7 Å². The fourth-order valence-corrected chi connectivity index (χ4v) is 4.24. The first-order valence-corrected chi connectivity index (χ1v) is 9.91.